The van der Waals surface area contributed by atoms with Crippen molar-refractivity contribution in [2.24, 2.45) is 0 Å². The summed E-state index contributed by atoms with van der Waals surface area (Å²) >= 11 is 0. The Labute approximate surface area is 161 Å². The predicted molar refractivity (Wildman–Crippen MR) is 106 cm³/mol. The molecule has 2 rings (SSSR count). The van der Waals surface area contributed by atoms with Crippen molar-refractivity contribution in [3.63, 3.8) is 0 Å². The highest BCUT2D eigenvalue weighted by Crippen LogP contribution is 2.30. The molecule has 0 heterocycles. The molecule has 140 valence electrons. The molecule has 0 bridgehead atoms. The maximum Gasteiger partial charge on any atom is 0.330 e. The largest absolute Gasteiger partial charge is 0.488 e. The number of esters is 1. The van der Waals surface area contributed by atoms with Crippen LogP contribution in [-0.2, 0) is 9.53 Å². The lowest BCUT2D eigenvalue weighted by Crippen LogP contribution is -2.40. The molecule has 4 nitrogen and oxygen atoms in total. The lowest BCUT2D eigenvalue weighted by molar-refractivity contribution is -0.154. The highest BCUT2D eigenvalue weighted by molar-refractivity contribution is 5.81. The average Bonchev–Trinajstić information content (AvgIpc) is 2.60. The van der Waals surface area contributed by atoms with E-state index in [1.54, 1.807) is 12.1 Å². The Balaban J connectivity index is 2.06. The van der Waals surface area contributed by atoms with Crippen LogP contribution in [0.25, 0.3) is 11.1 Å². The number of benzene rings is 2. The summed E-state index contributed by atoms with van der Waals surface area (Å²) in [5.41, 5.74) is 1.53. The second-order valence-corrected chi connectivity index (χ2v) is 7.64. The Morgan fingerprint density at radius 2 is 1.52 bits per heavy atom. The maximum atomic E-state index is 11.5. The van der Waals surface area contributed by atoms with Gasteiger partial charge < -0.3 is 9.47 Å². The van der Waals surface area contributed by atoms with Crippen molar-refractivity contribution in [3.05, 3.63) is 66.7 Å². The summed E-state index contributed by atoms with van der Waals surface area (Å²) in [4.78, 5) is 11.5. The van der Waals surface area contributed by atoms with Crippen molar-refractivity contribution in [2.75, 3.05) is 0 Å². The fourth-order valence-electron chi connectivity index (χ4n) is 3.18. The normalized spacial score (nSPS) is 11.4. The molecule has 0 aliphatic heterocycles. The van der Waals surface area contributed by atoms with Gasteiger partial charge in [0.2, 0.25) is 0 Å². The van der Waals surface area contributed by atoms with E-state index in [1.807, 2.05) is 64.1 Å². The molecule has 0 aromatic heterocycles. The minimum absolute atomic E-state index is 0.442. The van der Waals surface area contributed by atoms with Crippen molar-refractivity contribution < 1.29 is 14.3 Å². The minimum Gasteiger partial charge on any atom is -0.488 e. The number of nitriles is 1. The van der Waals surface area contributed by atoms with Gasteiger partial charge in [0, 0.05) is 12.5 Å². The smallest absolute Gasteiger partial charge is 0.330 e. The Hall–Kier alpha value is -3.06. The van der Waals surface area contributed by atoms with Crippen LogP contribution in [0.3, 0.4) is 0 Å². The van der Waals surface area contributed by atoms with E-state index in [1.165, 1.54) is 0 Å². The molecule has 4 heteroatoms. The fraction of sp³-hybridized carbons (Fsp3) is 0.304. The van der Waals surface area contributed by atoms with Crippen molar-refractivity contribution in [1.29, 1.82) is 5.26 Å². The SMILES string of the molecule is C=CC(=O)OC(C)(C)CC(C)(C)Oc1ccc(-c2ccc(C#N)cc2)cc1. The number of ether oxygens (including phenoxy) is 2. The Morgan fingerprint density at radius 1 is 1.00 bits per heavy atom. The number of rotatable bonds is 7. The molecule has 0 spiro atoms. The molecule has 0 amide bonds. The van der Waals surface area contributed by atoms with Crippen LogP contribution in [0.1, 0.15) is 39.7 Å². The molecule has 2 aromatic rings. The molecule has 0 aliphatic rings. The topological polar surface area (TPSA) is 59.3 Å². The highest BCUT2D eigenvalue weighted by atomic mass is 16.6. The molecular weight excluding hydrogens is 338 g/mol. The Kier molecular flexibility index (Phi) is 6.07. The van der Waals surface area contributed by atoms with Gasteiger partial charge in [-0.1, -0.05) is 30.8 Å². The Bertz CT molecular complexity index is 841. The summed E-state index contributed by atoms with van der Waals surface area (Å²) < 4.78 is 11.5. The van der Waals surface area contributed by atoms with Crippen LogP contribution in [0, 0.1) is 11.3 Å². The van der Waals surface area contributed by atoms with E-state index in [0.29, 0.717) is 12.0 Å². The molecule has 0 unspecified atom stereocenters. The zero-order chi connectivity index (χ0) is 20.1. The van der Waals surface area contributed by atoms with E-state index in [0.717, 1.165) is 23.0 Å². The standard InChI is InChI=1S/C23H25NO3/c1-6-21(25)27-23(4,5)16-22(2,3)26-20-13-11-19(12-14-20)18-9-7-17(15-24)8-10-18/h6-14H,1,16H2,2-5H3. The molecule has 0 saturated carbocycles. The van der Waals surface area contributed by atoms with Crippen molar-refractivity contribution >= 4 is 5.97 Å². The first-order valence-electron chi connectivity index (χ1n) is 8.79. The zero-order valence-corrected chi connectivity index (χ0v) is 16.3. The maximum absolute atomic E-state index is 11.5. The van der Waals surface area contributed by atoms with Gasteiger partial charge in [-0.15, -0.1) is 0 Å². The number of hydrogen-bond donors (Lipinski definition) is 0. The van der Waals surface area contributed by atoms with E-state index in [-0.39, 0.29) is 0 Å². The second kappa shape index (κ2) is 8.09. The van der Waals surface area contributed by atoms with Gasteiger partial charge in [0.25, 0.3) is 0 Å². The van der Waals surface area contributed by atoms with Gasteiger partial charge in [-0.2, -0.15) is 5.26 Å². The van der Waals surface area contributed by atoms with Gasteiger partial charge in [0.15, 0.2) is 0 Å². The molecule has 0 N–H and O–H groups in total. The van der Waals surface area contributed by atoms with Gasteiger partial charge in [-0.3, -0.25) is 0 Å². The van der Waals surface area contributed by atoms with E-state index in [9.17, 15) is 4.79 Å². The van der Waals surface area contributed by atoms with Crippen LogP contribution in [0.4, 0.5) is 0 Å². The number of hydrogen-bond acceptors (Lipinski definition) is 4. The summed E-state index contributed by atoms with van der Waals surface area (Å²) in [5, 5.41) is 8.89. The number of carbonyl (C=O) groups is 1. The molecule has 0 atom stereocenters. The lowest BCUT2D eigenvalue weighted by Gasteiger charge is -2.34. The van der Waals surface area contributed by atoms with Crippen molar-refractivity contribution in [1.82, 2.24) is 0 Å². The third kappa shape index (κ3) is 6.00. The zero-order valence-electron chi connectivity index (χ0n) is 16.3. The molecule has 2 aromatic carbocycles. The summed E-state index contributed by atoms with van der Waals surface area (Å²) in [5.74, 6) is 0.297. The number of nitrogens with zero attached hydrogens (tertiary/aromatic N) is 1. The average molecular weight is 363 g/mol. The third-order valence-electron chi connectivity index (χ3n) is 3.99. The summed E-state index contributed by atoms with van der Waals surface area (Å²) in [6, 6.07) is 17.4. The van der Waals surface area contributed by atoms with Crippen LogP contribution in [0.5, 0.6) is 5.75 Å². The minimum atomic E-state index is -0.669. The van der Waals surface area contributed by atoms with E-state index in [2.05, 4.69) is 12.6 Å². The quantitative estimate of drug-likeness (QED) is 0.496. The molecular formula is C23H25NO3. The van der Waals surface area contributed by atoms with E-state index >= 15 is 0 Å². The van der Waals surface area contributed by atoms with Crippen LogP contribution in [0.2, 0.25) is 0 Å². The van der Waals surface area contributed by atoms with Crippen LogP contribution in [-0.4, -0.2) is 17.2 Å². The fourth-order valence-corrected chi connectivity index (χ4v) is 3.18. The summed E-state index contributed by atoms with van der Waals surface area (Å²) in [6.07, 6.45) is 1.69. The van der Waals surface area contributed by atoms with Crippen molar-refractivity contribution in [2.45, 2.75) is 45.3 Å². The first-order valence-corrected chi connectivity index (χ1v) is 8.79. The molecule has 0 saturated heterocycles. The van der Waals surface area contributed by atoms with Crippen LogP contribution < -0.4 is 4.74 Å². The van der Waals surface area contributed by atoms with E-state index in [4.69, 9.17) is 14.7 Å². The van der Waals surface area contributed by atoms with Gasteiger partial charge in [-0.05, 0) is 63.1 Å². The Morgan fingerprint density at radius 3 is 2.00 bits per heavy atom. The lowest BCUT2D eigenvalue weighted by atomic mass is 9.92. The second-order valence-electron chi connectivity index (χ2n) is 7.64. The third-order valence-corrected chi connectivity index (χ3v) is 3.99. The first kappa shape index (κ1) is 20.3. The van der Waals surface area contributed by atoms with Gasteiger partial charge in [0.1, 0.15) is 17.0 Å². The predicted octanol–water partition coefficient (Wildman–Crippen LogP) is 5.28. The van der Waals surface area contributed by atoms with Gasteiger partial charge >= 0.3 is 5.97 Å². The van der Waals surface area contributed by atoms with Crippen molar-refractivity contribution in [3.8, 4) is 22.9 Å². The first-order chi connectivity index (χ1) is 12.6. The number of carbonyl (C=O) groups excluding carboxylic acids is 1. The van der Waals surface area contributed by atoms with E-state index < -0.39 is 17.2 Å². The van der Waals surface area contributed by atoms with Gasteiger partial charge in [0.05, 0.1) is 11.6 Å². The summed E-state index contributed by atoms with van der Waals surface area (Å²) in [7, 11) is 0. The molecule has 0 fully saturated rings. The van der Waals surface area contributed by atoms with Crippen LogP contribution in [0.15, 0.2) is 61.2 Å². The molecule has 0 radical (unpaired) electrons. The monoisotopic (exact) mass is 363 g/mol. The molecule has 27 heavy (non-hydrogen) atoms. The molecule has 0 aliphatic carbocycles. The van der Waals surface area contributed by atoms with Gasteiger partial charge in [-0.25, -0.2) is 4.79 Å². The van der Waals surface area contributed by atoms with Crippen LogP contribution >= 0.6 is 0 Å². The highest BCUT2D eigenvalue weighted by Gasteiger charge is 2.33. The summed E-state index contributed by atoms with van der Waals surface area (Å²) in [6.45, 7) is 11.1.